The Morgan fingerprint density at radius 3 is 2.38 bits per heavy atom. The molecule has 1 aliphatic carbocycles. The van der Waals surface area contributed by atoms with Crippen molar-refractivity contribution >= 4 is 21.4 Å². The molecule has 0 saturated heterocycles. The highest BCUT2D eigenvalue weighted by Gasteiger charge is 2.38. The fourth-order valence-corrected chi connectivity index (χ4v) is 4.60. The predicted octanol–water partition coefficient (Wildman–Crippen LogP) is 2.56. The molecule has 4 nitrogen and oxygen atoms in total. The Labute approximate surface area is 129 Å². The van der Waals surface area contributed by atoms with Gasteiger partial charge in [-0.05, 0) is 52.9 Å². The molecular weight excluding hydrogens is 304 g/mol. The van der Waals surface area contributed by atoms with Gasteiger partial charge in [0.2, 0.25) is 10.0 Å². The normalized spacial score (nSPS) is 15.5. The topological polar surface area (TPSA) is 63.4 Å². The molecule has 1 aromatic carbocycles. The second-order valence-electron chi connectivity index (χ2n) is 5.26. The van der Waals surface area contributed by atoms with Crippen LogP contribution in [0.4, 0.5) is 0 Å². The van der Waals surface area contributed by atoms with E-state index in [1.54, 1.807) is 39.9 Å². The lowest BCUT2D eigenvalue weighted by molar-refractivity contribution is 0.399. The number of nitrogens with two attached hydrogens (primary N) is 1. The van der Waals surface area contributed by atoms with Gasteiger partial charge in [0, 0.05) is 19.1 Å². The van der Waals surface area contributed by atoms with Crippen LogP contribution in [0.25, 0.3) is 0 Å². The molecule has 3 rings (SSSR count). The van der Waals surface area contributed by atoms with Gasteiger partial charge in [-0.15, -0.1) is 0 Å². The van der Waals surface area contributed by atoms with E-state index in [-0.39, 0.29) is 6.04 Å². The maximum Gasteiger partial charge on any atom is 0.243 e. The van der Waals surface area contributed by atoms with Gasteiger partial charge in [0.1, 0.15) is 0 Å². The molecule has 112 valence electrons. The van der Waals surface area contributed by atoms with Gasteiger partial charge in [-0.1, -0.05) is 12.1 Å². The van der Waals surface area contributed by atoms with Gasteiger partial charge in [-0.25, -0.2) is 8.42 Å². The first kappa shape index (κ1) is 14.7. The first-order valence-electron chi connectivity index (χ1n) is 6.93. The summed E-state index contributed by atoms with van der Waals surface area (Å²) < 4.78 is 27.3. The Hall–Kier alpha value is -1.21. The third-order valence-corrected chi connectivity index (χ3v) is 6.28. The predicted molar refractivity (Wildman–Crippen MR) is 84.4 cm³/mol. The minimum Gasteiger partial charge on any atom is -0.326 e. The van der Waals surface area contributed by atoms with Gasteiger partial charge in [0.25, 0.3) is 0 Å². The highest BCUT2D eigenvalue weighted by molar-refractivity contribution is 7.89. The summed E-state index contributed by atoms with van der Waals surface area (Å²) in [5.41, 5.74) is 7.54. The first-order valence-corrected chi connectivity index (χ1v) is 9.31. The zero-order valence-electron chi connectivity index (χ0n) is 11.6. The molecule has 1 heterocycles. The fourth-order valence-electron chi connectivity index (χ4n) is 2.27. The largest absolute Gasteiger partial charge is 0.326 e. The summed E-state index contributed by atoms with van der Waals surface area (Å²) in [6.45, 7) is 0.872. The molecule has 0 spiro atoms. The van der Waals surface area contributed by atoms with Crippen LogP contribution < -0.4 is 5.73 Å². The van der Waals surface area contributed by atoms with E-state index in [0.717, 1.165) is 24.0 Å². The van der Waals surface area contributed by atoms with Gasteiger partial charge in [0.15, 0.2) is 0 Å². The number of hydrogen-bond donors (Lipinski definition) is 1. The average molecular weight is 322 g/mol. The van der Waals surface area contributed by atoms with E-state index in [1.807, 2.05) is 16.8 Å². The van der Waals surface area contributed by atoms with E-state index in [1.165, 1.54) is 0 Å². The quantitative estimate of drug-likeness (QED) is 0.889. The summed E-state index contributed by atoms with van der Waals surface area (Å²) in [6, 6.07) is 8.99. The molecule has 1 aliphatic rings. The Balaban J connectivity index is 1.89. The lowest BCUT2D eigenvalue weighted by Gasteiger charge is -2.21. The fraction of sp³-hybridized carbons (Fsp3) is 0.333. The molecule has 1 saturated carbocycles. The number of thiophene rings is 1. The van der Waals surface area contributed by atoms with Crippen LogP contribution in [0.5, 0.6) is 0 Å². The van der Waals surface area contributed by atoms with Gasteiger partial charge in [-0.3, -0.25) is 0 Å². The minimum atomic E-state index is -3.44. The van der Waals surface area contributed by atoms with Crippen LogP contribution in [0.2, 0.25) is 0 Å². The van der Waals surface area contributed by atoms with Gasteiger partial charge >= 0.3 is 0 Å². The third-order valence-electron chi connectivity index (χ3n) is 3.64. The van der Waals surface area contributed by atoms with Crippen LogP contribution in [-0.2, 0) is 23.1 Å². The Kier molecular flexibility index (Phi) is 4.12. The maximum absolute atomic E-state index is 12.8. The Morgan fingerprint density at radius 1 is 1.14 bits per heavy atom. The molecule has 0 amide bonds. The summed E-state index contributed by atoms with van der Waals surface area (Å²) >= 11 is 1.59. The van der Waals surface area contributed by atoms with E-state index < -0.39 is 10.0 Å². The molecule has 0 aliphatic heterocycles. The SMILES string of the molecule is NCc1ccc(S(=O)(=O)N(Cc2ccsc2)C2CC2)cc1. The van der Waals surface area contributed by atoms with Crippen LogP contribution in [-0.4, -0.2) is 18.8 Å². The smallest absolute Gasteiger partial charge is 0.243 e. The summed E-state index contributed by atoms with van der Waals surface area (Å²) in [4.78, 5) is 0.349. The van der Waals surface area contributed by atoms with Gasteiger partial charge in [-0.2, -0.15) is 15.6 Å². The maximum atomic E-state index is 12.8. The van der Waals surface area contributed by atoms with Crippen LogP contribution in [0.1, 0.15) is 24.0 Å². The van der Waals surface area contributed by atoms with Crippen LogP contribution >= 0.6 is 11.3 Å². The minimum absolute atomic E-state index is 0.143. The number of rotatable bonds is 6. The Bertz CT molecular complexity index is 690. The van der Waals surface area contributed by atoms with Gasteiger partial charge < -0.3 is 5.73 Å². The molecule has 2 aromatic rings. The summed E-state index contributed by atoms with van der Waals surface area (Å²) in [6.07, 6.45) is 1.90. The van der Waals surface area contributed by atoms with Crippen LogP contribution in [0, 0.1) is 0 Å². The van der Waals surface area contributed by atoms with E-state index in [0.29, 0.717) is 18.0 Å². The second-order valence-corrected chi connectivity index (χ2v) is 7.93. The lowest BCUT2D eigenvalue weighted by atomic mass is 10.2. The highest BCUT2D eigenvalue weighted by atomic mass is 32.2. The first-order chi connectivity index (χ1) is 10.1. The zero-order valence-corrected chi connectivity index (χ0v) is 13.2. The van der Waals surface area contributed by atoms with Crippen molar-refractivity contribution < 1.29 is 8.42 Å². The van der Waals surface area contributed by atoms with E-state index in [2.05, 4.69) is 0 Å². The summed E-state index contributed by atoms with van der Waals surface area (Å²) in [7, 11) is -3.44. The van der Waals surface area contributed by atoms with Crippen LogP contribution in [0.3, 0.4) is 0 Å². The third kappa shape index (κ3) is 3.18. The highest BCUT2D eigenvalue weighted by Crippen LogP contribution is 2.33. The number of nitrogens with zero attached hydrogens (tertiary/aromatic N) is 1. The van der Waals surface area contributed by atoms with Crippen molar-refractivity contribution in [3.8, 4) is 0 Å². The van der Waals surface area contributed by atoms with Crippen molar-refractivity contribution in [1.29, 1.82) is 0 Å². The standard InChI is InChI=1S/C15H18N2O2S2/c16-9-12-1-5-15(6-2-12)21(18,19)17(14-3-4-14)10-13-7-8-20-11-13/h1-2,5-8,11,14H,3-4,9-10,16H2. The molecule has 2 N–H and O–H groups in total. The molecule has 0 unspecified atom stereocenters. The average Bonchev–Trinajstić information content (AvgIpc) is 3.20. The molecule has 1 fully saturated rings. The van der Waals surface area contributed by atoms with E-state index in [9.17, 15) is 8.42 Å². The monoisotopic (exact) mass is 322 g/mol. The molecule has 0 bridgehead atoms. The van der Waals surface area contributed by atoms with Gasteiger partial charge in [0.05, 0.1) is 4.90 Å². The van der Waals surface area contributed by atoms with Crippen molar-refractivity contribution in [3.63, 3.8) is 0 Å². The molecule has 21 heavy (non-hydrogen) atoms. The lowest BCUT2D eigenvalue weighted by Crippen LogP contribution is -2.32. The van der Waals surface area contributed by atoms with Crippen molar-refractivity contribution in [2.24, 2.45) is 5.73 Å². The number of sulfonamides is 1. The van der Waals surface area contributed by atoms with Crippen molar-refractivity contribution in [1.82, 2.24) is 4.31 Å². The summed E-state index contributed by atoms with van der Waals surface area (Å²) in [5.74, 6) is 0. The molecule has 0 radical (unpaired) electrons. The zero-order chi connectivity index (χ0) is 14.9. The van der Waals surface area contributed by atoms with Crippen LogP contribution in [0.15, 0.2) is 46.0 Å². The van der Waals surface area contributed by atoms with Crippen molar-refractivity contribution in [2.45, 2.75) is 36.9 Å². The Morgan fingerprint density at radius 2 is 1.86 bits per heavy atom. The van der Waals surface area contributed by atoms with E-state index >= 15 is 0 Å². The molecule has 6 heteroatoms. The molecule has 0 atom stereocenters. The van der Waals surface area contributed by atoms with Crippen molar-refractivity contribution in [2.75, 3.05) is 0 Å². The number of benzene rings is 1. The van der Waals surface area contributed by atoms with E-state index in [4.69, 9.17) is 5.73 Å². The second kappa shape index (κ2) is 5.88. The summed E-state index contributed by atoms with van der Waals surface area (Å²) in [5, 5.41) is 3.98. The van der Waals surface area contributed by atoms with Crippen molar-refractivity contribution in [3.05, 3.63) is 52.2 Å². The molecule has 1 aromatic heterocycles. The number of hydrogen-bond acceptors (Lipinski definition) is 4. The molecular formula is C15H18N2O2S2.